The highest BCUT2D eigenvalue weighted by molar-refractivity contribution is 6.66. The molecule has 0 aliphatic carbocycles. The summed E-state index contributed by atoms with van der Waals surface area (Å²) in [5, 5.41) is 13.5. The van der Waals surface area contributed by atoms with Crippen molar-refractivity contribution >= 4 is 34.2 Å². The summed E-state index contributed by atoms with van der Waals surface area (Å²) in [7, 11) is 0. The first-order chi connectivity index (χ1) is 15.5. The van der Waals surface area contributed by atoms with E-state index in [1.165, 1.54) is 9.36 Å². The Bertz CT molecular complexity index is 1280. The van der Waals surface area contributed by atoms with Gasteiger partial charge in [0.25, 0.3) is 5.56 Å². The number of fused-ring (bicyclic) bond motifs is 1. The van der Waals surface area contributed by atoms with E-state index in [2.05, 4.69) is 20.4 Å². The minimum atomic E-state index is -0.356. The highest BCUT2D eigenvalue weighted by Gasteiger charge is 2.24. The van der Waals surface area contributed by atoms with Crippen LogP contribution in [-0.2, 0) is 32.5 Å². The van der Waals surface area contributed by atoms with Crippen molar-refractivity contribution in [2.24, 2.45) is 4.99 Å². The zero-order chi connectivity index (χ0) is 22.7. The number of aromatic nitrogens is 6. The SMILES string of the molecule is CCCCn1c2c(c(=O)n(CCCn3nnc(Cc4cccc(Cl)c4)n3)c1=O)CC(Cl)=N2. The van der Waals surface area contributed by atoms with Crippen LogP contribution in [0.5, 0.6) is 0 Å². The fourth-order valence-electron chi connectivity index (χ4n) is 3.68. The lowest BCUT2D eigenvalue weighted by molar-refractivity contribution is 0.448. The average molecular weight is 476 g/mol. The van der Waals surface area contributed by atoms with E-state index in [1.807, 2.05) is 31.2 Å². The average Bonchev–Trinajstić information content (AvgIpc) is 3.37. The molecule has 168 valence electrons. The number of nitrogens with zero attached hydrogens (tertiary/aromatic N) is 7. The van der Waals surface area contributed by atoms with Crippen LogP contribution in [0.2, 0.25) is 5.02 Å². The van der Waals surface area contributed by atoms with E-state index < -0.39 is 0 Å². The smallest absolute Gasteiger partial charge is 0.278 e. The van der Waals surface area contributed by atoms with Crippen LogP contribution in [0.3, 0.4) is 0 Å². The summed E-state index contributed by atoms with van der Waals surface area (Å²) in [5.74, 6) is 0.981. The second-order valence-electron chi connectivity index (χ2n) is 7.67. The molecule has 9 nitrogen and oxygen atoms in total. The van der Waals surface area contributed by atoms with Crippen molar-refractivity contribution < 1.29 is 0 Å². The zero-order valence-electron chi connectivity index (χ0n) is 17.7. The van der Waals surface area contributed by atoms with Gasteiger partial charge in [-0.2, -0.15) is 4.80 Å². The maximum atomic E-state index is 13.0. The van der Waals surface area contributed by atoms with Gasteiger partial charge >= 0.3 is 5.69 Å². The van der Waals surface area contributed by atoms with Crippen molar-refractivity contribution in [3.8, 4) is 0 Å². The highest BCUT2D eigenvalue weighted by atomic mass is 35.5. The van der Waals surface area contributed by atoms with E-state index in [-0.39, 0.29) is 24.2 Å². The van der Waals surface area contributed by atoms with Gasteiger partial charge in [-0.25, -0.2) is 9.79 Å². The number of hydrogen-bond acceptors (Lipinski definition) is 6. The first kappa shape index (κ1) is 22.4. The molecule has 0 unspecified atom stereocenters. The van der Waals surface area contributed by atoms with E-state index in [0.29, 0.717) is 53.3 Å². The van der Waals surface area contributed by atoms with Gasteiger partial charge in [0.2, 0.25) is 0 Å². The Labute approximate surface area is 194 Å². The predicted molar refractivity (Wildman–Crippen MR) is 123 cm³/mol. The van der Waals surface area contributed by atoms with E-state index >= 15 is 0 Å². The van der Waals surface area contributed by atoms with Crippen LogP contribution in [0, 0.1) is 0 Å². The number of benzene rings is 1. The van der Waals surface area contributed by atoms with E-state index in [4.69, 9.17) is 23.2 Å². The molecule has 3 aromatic rings. The van der Waals surface area contributed by atoms with Gasteiger partial charge < -0.3 is 0 Å². The summed E-state index contributed by atoms with van der Waals surface area (Å²) in [4.78, 5) is 31.6. The second kappa shape index (κ2) is 9.79. The minimum Gasteiger partial charge on any atom is -0.278 e. The number of aliphatic imine (C=N–C) groups is 1. The molecule has 0 amide bonds. The van der Waals surface area contributed by atoms with Crippen molar-refractivity contribution in [2.75, 3.05) is 0 Å². The molecule has 2 aromatic heterocycles. The normalized spacial score (nSPS) is 12.8. The molecule has 1 aliphatic rings. The van der Waals surface area contributed by atoms with E-state index in [1.54, 1.807) is 4.57 Å². The highest BCUT2D eigenvalue weighted by Crippen LogP contribution is 2.24. The molecule has 0 saturated carbocycles. The molecule has 1 aromatic carbocycles. The molecule has 4 rings (SSSR count). The summed E-state index contributed by atoms with van der Waals surface area (Å²) in [5.41, 5.74) is 0.791. The Kier molecular flexibility index (Phi) is 6.86. The Hall–Kier alpha value is -2.78. The van der Waals surface area contributed by atoms with Crippen LogP contribution in [0.25, 0.3) is 0 Å². The molecule has 0 atom stereocenters. The Morgan fingerprint density at radius 3 is 2.66 bits per heavy atom. The van der Waals surface area contributed by atoms with Gasteiger partial charge in [0.1, 0.15) is 11.0 Å². The Balaban J connectivity index is 1.46. The number of unbranched alkanes of at least 4 members (excludes halogenated alkanes) is 1. The first-order valence-corrected chi connectivity index (χ1v) is 11.3. The second-order valence-corrected chi connectivity index (χ2v) is 8.55. The van der Waals surface area contributed by atoms with Crippen LogP contribution in [0.1, 0.15) is 43.1 Å². The number of rotatable bonds is 9. The summed E-state index contributed by atoms with van der Waals surface area (Å²) in [6.07, 6.45) is 3.03. The molecule has 0 fully saturated rings. The Morgan fingerprint density at radius 2 is 1.88 bits per heavy atom. The van der Waals surface area contributed by atoms with E-state index in [9.17, 15) is 9.59 Å². The molecule has 0 radical (unpaired) electrons. The molecule has 0 saturated heterocycles. The summed E-state index contributed by atoms with van der Waals surface area (Å²) in [6, 6.07) is 7.50. The van der Waals surface area contributed by atoms with Crippen LogP contribution in [0.4, 0.5) is 5.82 Å². The van der Waals surface area contributed by atoms with Gasteiger partial charge in [0.05, 0.1) is 12.1 Å². The first-order valence-electron chi connectivity index (χ1n) is 10.6. The van der Waals surface area contributed by atoms with Gasteiger partial charge in [-0.05, 0) is 35.8 Å². The Morgan fingerprint density at radius 1 is 1.06 bits per heavy atom. The van der Waals surface area contributed by atoms with Gasteiger partial charge in [-0.15, -0.1) is 10.2 Å². The fourth-order valence-corrected chi connectivity index (χ4v) is 4.11. The van der Waals surface area contributed by atoms with Crippen molar-refractivity contribution in [3.05, 3.63) is 67.1 Å². The van der Waals surface area contributed by atoms with Crippen molar-refractivity contribution in [3.63, 3.8) is 0 Å². The number of tetrazole rings is 1. The molecule has 11 heteroatoms. The lowest BCUT2D eigenvalue weighted by Gasteiger charge is -2.13. The summed E-state index contributed by atoms with van der Waals surface area (Å²) >= 11 is 12.1. The van der Waals surface area contributed by atoms with Crippen molar-refractivity contribution in [2.45, 2.75) is 58.7 Å². The van der Waals surface area contributed by atoms with Crippen LogP contribution >= 0.6 is 23.2 Å². The predicted octanol–water partition coefficient (Wildman–Crippen LogP) is 2.96. The van der Waals surface area contributed by atoms with Crippen LogP contribution < -0.4 is 11.2 Å². The molecule has 3 heterocycles. The zero-order valence-corrected chi connectivity index (χ0v) is 19.2. The van der Waals surface area contributed by atoms with Gasteiger partial charge in [-0.3, -0.25) is 13.9 Å². The van der Waals surface area contributed by atoms with Gasteiger partial charge in [0.15, 0.2) is 5.82 Å². The molecular weight excluding hydrogens is 453 g/mol. The fraction of sp³-hybridized carbons (Fsp3) is 0.429. The largest absolute Gasteiger partial charge is 0.332 e. The van der Waals surface area contributed by atoms with Crippen LogP contribution in [-0.4, -0.2) is 34.5 Å². The van der Waals surface area contributed by atoms with Crippen molar-refractivity contribution in [1.29, 1.82) is 0 Å². The number of aryl methyl sites for hydroxylation is 1. The minimum absolute atomic E-state index is 0.250. The number of halogens is 2. The third kappa shape index (κ3) is 4.83. The number of hydrogen-bond donors (Lipinski definition) is 0. The maximum Gasteiger partial charge on any atom is 0.332 e. The molecule has 0 N–H and O–H groups in total. The van der Waals surface area contributed by atoms with E-state index in [0.717, 1.165) is 18.4 Å². The van der Waals surface area contributed by atoms with Gasteiger partial charge in [0, 0.05) is 31.0 Å². The monoisotopic (exact) mass is 475 g/mol. The topological polar surface area (TPSA) is 100.0 Å². The van der Waals surface area contributed by atoms with Crippen LogP contribution in [0.15, 0.2) is 38.8 Å². The third-order valence-electron chi connectivity index (χ3n) is 5.26. The summed E-state index contributed by atoms with van der Waals surface area (Å²) in [6.45, 7) is 3.23. The molecular formula is C21H23Cl2N7O2. The lowest BCUT2D eigenvalue weighted by Crippen LogP contribution is -2.41. The standard InChI is InChI=1S/C21H23Cl2N7O2/c1-2-3-8-28-19-16(13-17(23)24-19)20(31)29(21(28)32)9-5-10-30-26-18(25-27-30)12-14-6-4-7-15(22)11-14/h4,6-7,11H,2-3,5,8-10,12-13H2,1H3. The maximum absolute atomic E-state index is 13.0. The van der Waals surface area contributed by atoms with Gasteiger partial charge in [-0.1, -0.05) is 48.7 Å². The molecule has 0 bridgehead atoms. The molecule has 32 heavy (non-hydrogen) atoms. The third-order valence-corrected chi connectivity index (χ3v) is 5.71. The quantitative estimate of drug-likeness (QED) is 0.473. The van der Waals surface area contributed by atoms with Crippen molar-refractivity contribution in [1.82, 2.24) is 29.3 Å². The molecule has 1 aliphatic heterocycles. The summed E-state index contributed by atoms with van der Waals surface area (Å²) < 4.78 is 2.83. The lowest BCUT2D eigenvalue weighted by atomic mass is 10.1. The molecule has 0 spiro atoms.